The molecule has 2 heterocycles. The zero-order valence-electron chi connectivity index (χ0n) is 27.9. The van der Waals surface area contributed by atoms with Crippen molar-refractivity contribution in [3.8, 4) is 50.3 Å². The molecule has 0 fully saturated rings. The first-order valence-electron chi connectivity index (χ1n) is 17.5. The van der Waals surface area contributed by atoms with Crippen LogP contribution in [0.1, 0.15) is 0 Å². The molecule has 0 atom stereocenters. The summed E-state index contributed by atoms with van der Waals surface area (Å²) in [5.41, 5.74) is 13.8. The number of benzene rings is 8. The van der Waals surface area contributed by atoms with Gasteiger partial charge in [-0.1, -0.05) is 158 Å². The van der Waals surface area contributed by atoms with E-state index in [4.69, 9.17) is 4.98 Å². The van der Waals surface area contributed by atoms with E-state index >= 15 is 0 Å². The van der Waals surface area contributed by atoms with Gasteiger partial charge in [0.05, 0.1) is 22.2 Å². The van der Waals surface area contributed by atoms with Crippen LogP contribution in [0.3, 0.4) is 0 Å². The lowest BCUT2D eigenvalue weighted by molar-refractivity contribution is 1.18. The van der Waals surface area contributed by atoms with Crippen LogP contribution in [0.25, 0.3) is 93.8 Å². The molecule has 0 bridgehead atoms. The predicted molar refractivity (Wildman–Crippen MR) is 215 cm³/mol. The Hall–Kier alpha value is -6.77. The van der Waals surface area contributed by atoms with Gasteiger partial charge in [0.15, 0.2) is 0 Å². The van der Waals surface area contributed by atoms with Crippen LogP contribution in [-0.4, -0.2) is 9.55 Å². The number of fused-ring (bicyclic) bond motifs is 6. The molecule has 0 unspecified atom stereocenters. The third kappa shape index (κ3) is 5.00. The van der Waals surface area contributed by atoms with E-state index in [1.807, 2.05) is 0 Å². The van der Waals surface area contributed by atoms with E-state index in [9.17, 15) is 0 Å². The van der Waals surface area contributed by atoms with Crippen molar-refractivity contribution in [2.45, 2.75) is 0 Å². The van der Waals surface area contributed by atoms with E-state index < -0.39 is 0 Å². The number of para-hydroxylation sites is 2. The van der Waals surface area contributed by atoms with E-state index in [0.717, 1.165) is 22.5 Å². The van der Waals surface area contributed by atoms with Gasteiger partial charge in [-0.2, -0.15) is 0 Å². The Labute approximate surface area is 296 Å². The fourth-order valence-corrected chi connectivity index (χ4v) is 7.71. The standard InChI is InChI=1S/C49H32N2/c1-2-11-36(12-3-1)44-32-46(50-45-30-29-37-13-4-5-16-41(37)49(44)45)38-27-25-34(26-28-38)33-21-23-35(24-22-33)39-14-10-15-40(31-39)51-47-19-8-6-17-42(47)43-18-7-9-20-48(43)51/h1-32H. The Balaban J connectivity index is 0.981. The molecule has 0 saturated heterocycles. The summed E-state index contributed by atoms with van der Waals surface area (Å²) >= 11 is 0. The quantitative estimate of drug-likeness (QED) is 0.170. The van der Waals surface area contributed by atoms with Gasteiger partial charge in [0, 0.05) is 27.4 Å². The van der Waals surface area contributed by atoms with Gasteiger partial charge < -0.3 is 4.57 Å². The lowest BCUT2D eigenvalue weighted by Gasteiger charge is -2.13. The highest BCUT2D eigenvalue weighted by Crippen LogP contribution is 2.38. The molecule has 0 radical (unpaired) electrons. The van der Waals surface area contributed by atoms with E-state index in [0.29, 0.717) is 0 Å². The van der Waals surface area contributed by atoms with Gasteiger partial charge in [-0.05, 0) is 80.6 Å². The topological polar surface area (TPSA) is 17.8 Å². The summed E-state index contributed by atoms with van der Waals surface area (Å²) in [4.78, 5) is 5.19. The van der Waals surface area contributed by atoms with Crippen molar-refractivity contribution in [1.82, 2.24) is 9.55 Å². The highest BCUT2D eigenvalue weighted by Gasteiger charge is 2.14. The molecular formula is C49H32N2. The van der Waals surface area contributed by atoms with Crippen molar-refractivity contribution < 1.29 is 0 Å². The summed E-state index contributed by atoms with van der Waals surface area (Å²) in [6.07, 6.45) is 0. The SMILES string of the molecule is c1ccc(-c2cc(-c3ccc(-c4ccc(-c5cccc(-n6c7ccccc7c7ccccc76)c5)cc4)cc3)nc3ccc4ccccc4c23)cc1. The Morgan fingerprint density at radius 3 is 1.59 bits per heavy atom. The second-order valence-electron chi connectivity index (χ2n) is 13.2. The van der Waals surface area contributed by atoms with Crippen molar-refractivity contribution in [3.63, 3.8) is 0 Å². The van der Waals surface area contributed by atoms with E-state index in [-0.39, 0.29) is 0 Å². The number of rotatable bonds is 5. The molecule has 2 aromatic heterocycles. The van der Waals surface area contributed by atoms with Crippen molar-refractivity contribution >= 4 is 43.5 Å². The monoisotopic (exact) mass is 648 g/mol. The molecule has 0 aliphatic heterocycles. The maximum absolute atomic E-state index is 5.19. The molecule has 2 heteroatoms. The maximum Gasteiger partial charge on any atom is 0.0722 e. The van der Waals surface area contributed by atoms with Crippen LogP contribution < -0.4 is 0 Å². The number of aromatic nitrogens is 2. The van der Waals surface area contributed by atoms with Gasteiger partial charge in [0.1, 0.15) is 0 Å². The third-order valence-electron chi connectivity index (χ3n) is 10.2. The summed E-state index contributed by atoms with van der Waals surface area (Å²) in [7, 11) is 0. The highest BCUT2D eigenvalue weighted by atomic mass is 15.0. The Bertz CT molecular complexity index is 2830. The van der Waals surface area contributed by atoms with Gasteiger partial charge in [-0.3, -0.25) is 0 Å². The molecule has 2 nitrogen and oxygen atoms in total. The summed E-state index contributed by atoms with van der Waals surface area (Å²) in [6, 6.07) is 69.7. The minimum absolute atomic E-state index is 0.974. The molecule has 10 aromatic rings. The van der Waals surface area contributed by atoms with Crippen molar-refractivity contribution in [3.05, 3.63) is 194 Å². The molecule has 0 spiro atoms. The van der Waals surface area contributed by atoms with E-state index in [1.165, 1.54) is 71.3 Å². The largest absolute Gasteiger partial charge is 0.309 e. The van der Waals surface area contributed by atoms with Gasteiger partial charge >= 0.3 is 0 Å². The second-order valence-corrected chi connectivity index (χ2v) is 13.2. The maximum atomic E-state index is 5.19. The molecule has 0 saturated carbocycles. The fourth-order valence-electron chi connectivity index (χ4n) is 7.71. The van der Waals surface area contributed by atoms with Gasteiger partial charge in [0.25, 0.3) is 0 Å². The molecule has 0 amide bonds. The highest BCUT2D eigenvalue weighted by molar-refractivity contribution is 6.14. The summed E-state index contributed by atoms with van der Waals surface area (Å²) in [5.74, 6) is 0. The zero-order valence-corrected chi connectivity index (χ0v) is 27.9. The zero-order chi connectivity index (χ0) is 33.7. The van der Waals surface area contributed by atoms with Crippen LogP contribution in [0, 0.1) is 0 Å². The first-order chi connectivity index (χ1) is 25.3. The number of hydrogen-bond acceptors (Lipinski definition) is 1. The van der Waals surface area contributed by atoms with Crippen LogP contribution in [-0.2, 0) is 0 Å². The summed E-state index contributed by atoms with van der Waals surface area (Å²) in [6.45, 7) is 0. The smallest absolute Gasteiger partial charge is 0.0722 e. The second kappa shape index (κ2) is 12.0. The summed E-state index contributed by atoms with van der Waals surface area (Å²) < 4.78 is 2.37. The van der Waals surface area contributed by atoms with Crippen molar-refractivity contribution in [1.29, 1.82) is 0 Å². The average Bonchev–Trinajstić information content (AvgIpc) is 3.55. The van der Waals surface area contributed by atoms with Crippen LogP contribution in [0.5, 0.6) is 0 Å². The predicted octanol–water partition coefficient (Wildman–Crippen LogP) is 13.2. The number of hydrogen-bond donors (Lipinski definition) is 0. The van der Waals surface area contributed by atoms with Crippen LogP contribution in [0.2, 0.25) is 0 Å². The number of nitrogens with zero attached hydrogens (tertiary/aromatic N) is 2. The molecule has 10 rings (SSSR count). The minimum atomic E-state index is 0.974. The first-order valence-corrected chi connectivity index (χ1v) is 17.5. The molecule has 0 aliphatic carbocycles. The molecule has 0 aliphatic rings. The van der Waals surface area contributed by atoms with Gasteiger partial charge in [0.2, 0.25) is 0 Å². The van der Waals surface area contributed by atoms with Crippen molar-refractivity contribution in [2.24, 2.45) is 0 Å². The molecule has 0 N–H and O–H groups in total. The van der Waals surface area contributed by atoms with Gasteiger partial charge in [-0.25, -0.2) is 4.98 Å². The molecule has 51 heavy (non-hydrogen) atoms. The van der Waals surface area contributed by atoms with Crippen LogP contribution in [0.4, 0.5) is 0 Å². The normalized spacial score (nSPS) is 11.5. The lowest BCUT2D eigenvalue weighted by Crippen LogP contribution is -1.94. The average molecular weight is 649 g/mol. The van der Waals surface area contributed by atoms with Crippen molar-refractivity contribution in [2.75, 3.05) is 0 Å². The van der Waals surface area contributed by atoms with Gasteiger partial charge in [-0.15, -0.1) is 0 Å². The molecular weight excluding hydrogens is 617 g/mol. The molecule has 238 valence electrons. The minimum Gasteiger partial charge on any atom is -0.309 e. The van der Waals surface area contributed by atoms with Crippen LogP contribution >= 0.6 is 0 Å². The fraction of sp³-hybridized carbons (Fsp3) is 0. The first kappa shape index (κ1) is 29.2. The summed E-state index contributed by atoms with van der Waals surface area (Å²) in [5, 5.41) is 6.19. The Morgan fingerprint density at radius 1 is 0.353 bits per heavy atom. The van der Waals surface area contributed by atoms with Crippen LogP contribution in [0.15, 0.2) is 194 Å². The van der Waals surface area contributed by atoms with E-state index in [2.05, 4.69) is 199 Å². The number of pyridine rings is 1. The Kier molecular flexibility index (Phi) is 6.85. The third-order valence-corrected chi connectivity index (χ3v) is 10.2. The Morgan fingerprint density at radius 2 is 0.902 bits per heavy atom. The lowest BCUT2D eigenvalue weighted by atomic mass is 9.94. The van der Waals surface area contributed by atoms with E-state index in [1.54, 1.807) is 0 Å². The molecule has 8 aromatic carbocycles.